The van der Waals surface area contributed by atoms with Crippen molar-refractivity contribution in [1.29, 1.82) is 0 Å². The lowest BCUT2D eigenvalue weighted by Crippen LogP contribution is -2.44. The molecule has 0 aromatic heterocycles. The SMILES string of the molecule is CCC(N)C(C)(CC(=O)OC)c1ccccc1Cl. The molecule has 0 aliphatic rings. The van der Waals surface area contributed by atoms with Crippen LogP contribution >= 0.6 is 11.6 Å². The van der Waals surface area contributed by atoms with Crippen LogP contribution in [0, 0.1) is 0 Å². The number of hydrogen-bond acceptors (Lipinski definition) is 3. The first-order valence-electron chi connectivity index (χ1n) is 6.03. The minimum atomic E-state index is -0.514. The second-order valence-electron chi connectivity index (χ2n) is 4.66. The zero-order valence-corrected chi connectivity index (χ0v) is 11.8. The van der Waals surface area contributed by atoms with Gasteiger partial charge in [0.15, 0.2) is 0 Å². The molecular weight excluding hydrogens is 250 g/mol. The third-order valence-electron chi connectivity index (χ3n) is 3.49. The van der Waals surface area contributed by atoms with Gasteiger partial charge in [-0.2, -0.15) is 0 Å². The van der Waals surface area contributed by atoms with Crippen LogP contribution in [-0.2, 0) is 14.9 Å². The fourth-order valence-corrected chi connectivity index (χ4v) is 2.52. The standard InChI is InChI=1S/C14H20ClNO2/c1-4-12(16)14(2,9-13(17)18-3)10-7-5-6-8-11(10)15/h5-8,12H,4,9,16H2,1-3H3. The molecule has 18 heavy (non-hydrogen) atoms. The number of ether oxygens (including phenoxy) is 1. The van der Waals surface area contributed by atoms with Crippen LogP contribution in [0.2, 0.25) is 5.02 Å². The van der Waals surface area contributed by atoms with Crippen molar-refractivity contribution in [1.82, 2.24) is 0 Å². The average Bonchev–Trinajstić information content (AvgIpc) is 2.37. The largest absolute Gasteiger partial charge is 0.469 e. The fourth-order valence-electron chi connectivity index (χ4n) is 2.17. The Morgan fingerprint density at radius 1 is 1.50 bits per heavy atom. The highest BCUT2D eigenvalue weighted by molar-refractivity contribution is 6.31. The zero-order chi connectivity index (χ0) is 13.8. The Bertz CT molecular complexity index is 422. The molecule has 0 aliphatic heterocycles. The van der Waals surface area contributed by atoms with E-state index in [4.69, 9.17) is 22.1 Å². The summed E-state index contributed by atoms with van der Waals surface area (Å²) in [6.45, 7) is 3.95. The van der Waals surface area contributed by atoms with Gasteiger partial charge in [0.05, 0.1) is 13.5 Å². The number of nitrogens with two attached hydrogens (primary N) is 1. The van der Waals surface area contributed by atoms with E-state index in [2.05, 4.69) is 0 Å². The van der Waals surface area contributed by atoms with Gasteiger partial charge in [-0.3, -0.25) is 4.79 Å². The number of rotatable bonds is 5. The lowest BCUT2D eigenvalue weighted by molar-refractivity contribution is -0.142. The summed E-state index contributed by atoms with van der Waals surface area (Å²) >= 11 is 6.23. The fraction of sp³-hybridized carbons (Fsp3) is 0.500. The van der Waals surface area contributed by atoms with Gasteiger partial charge in [-0.25, -0.2) is 0 Å². The molecule has 0 saturated carbocycles. The summed E-state index contributed by atoms with van der Waals surface area (Å²) in [5.41, 5.74) is 6.57. The van der Waals surface area contributed by atoms with Crippen molar-refractivity contribution in [3.05, 3.63) is 34.9 Å². The molecule has 0 spiro atoms. The predicted molar refractivity (Wildman–Crippen MR) is 73.7 cm³/mol. The predicted octanol–water partition coefficient (Wildman–Crippen LogP) is 2.90. The molecule has 0 aliphatic carbocycles. The lowest BCUT2D eigenvalue weighted by atomic mass is 9.72. The summed E-state index contributed by atoms with van der Waals surface area (Å²) < 4.78 is 4.76. The summed E-state index contributed by atoms with van der Waals surface area (Å²) in [5.74, 6) is -0.277. The molecule has 0 radical (unpaired) electrons. The molecule has 0 heterocycles. The number of esters is 1. The van der Waals surface area contributed by atoms with Crippen LogP contribution in [0.15, 0.2) is 24.3 Å². The third-order valence-corrected chi connectivity index (χ3v) is 3.82. The highest BCUT2D eigenvalue weighted by Crippen LogP contribution is 2.36. The minimum Gasteiger partial charge on any atom is -0.469 e. The zero-order valence-electron chi connectivity index (χ0n) is 11.1. The quantitative estimate of drug-likeness (QED) is 0.837. The second kappa shape index (κ2) is 6.21. The Balaban J connectivity index is 3.20. The average molecular weight is 270 g/mol. The van der Waals surface area contributed by atoms with Gasteiger partial charge in [0.25, 0.3) is 0 Å². The van der Waals surface area contributed by atoms with Crippen LogP contribution in [0.5, 0.6) is 0 Å². The van der Waals surface area contributed by atoms with Crippen molar-refractivity contribution in [2.75, 3.05) is 7.11 Å². The first-order chi connectivity index (χ1) is 8.45. The molecule has 3 nitrogen and oxygen atoms in total. The van der Waals surface area contributed by atoms with Gasteiger partial charge in [-0.1, -0.05) is 43.6 Å². The lowest BCUT2D eigenvalue weighted by Gasteiger charge is -2.35. The minimum absolute atomic E-state index is 0.156. The van der Waals surface area contributed by atoms with Crippen LogP contribution in [0.4, 0.5) is 0 Å². The van der Waals surface area contributed by atoms with E-state index in [1.807, 2.05) is 38.1 Å². The maximum atomic E-state index is 11.6. The van der Waals surface area contributed by atoms with E-state index in [0.29, 0.717) is 5.02 Å². The molecule has 4 heteroatoms. The summed E-state index contributed by atoms with van der Waals surface area (Å²) in [5, 5.41) is 0.632. The molecule has 0 bridgehead atoms. The number of hydrogen-bond donors (Lipinski definition) is 1. The number of benzene rings is 1. The second-order valence-corrected chi connectivity index (χ2v) is 5.07. The van der Waals surface area contributed by atoms with E-state index in [1.54, 1.807) is 0 Å². The molecule has 0 saturated heterocycles. The molecule has 100 valence electrons. The topological polar surface area (TPSA) is 52.3 Å². The third kappa shape index (κ3) is 3.03. The summed E-state index contributed by atoms with van der Waals surface area (Å²) in [6.07, 6.45) is 0.987. The monoisotopic (exact) mass is 269 g/mol. The van der Waals surface area contributed by atoms with E-state index in [-0.39, 0.29) is 18.4 Å². The van der Waals surface area contributed by atoms with E-state index in [1.165, 1.54) is 7.11 Å². The smallest absolute Gasteiger partial charge is 0.306 e. The van der Waals surface area contributed by atoms with Gasteiger partial charge in [0.2, 0.25) is 0 Å². The van der Waals surface area contributed by atoms with E-state index < -0.39 is 5.41 Å². The Labute approximate surface area is 113 Å². The van der Waals surface area contributed by atoms with Crippen molar-refractivity contribution >= 4 is 17.6 Å². The summed E-state index contributed by atoms with van der Waals surface area (Å²) in [4.78, 5) is 11.6. The molecule has 2 N–H and O–H groups in total. The van der Waals surface area contributed by atoms with Crippen molar-refractivity contribution in [3.63, 3.8) is 0 Å². The Morgan fingerprint density at radius 3 is 2.61 bits per heavy atom. The molecule has 0 fully saturated rings. The van der Waals surface area contributed by atoms with Gasteiger partial charge in [-0.05, 0) is 18.1 Å². The highest BCUT2D eigenvalue weighted by atomic mass is 35.5. The Kier molecular flexibility index (Phi) is 5.17. The van der Waals surface area contributed by atoms with Crippen molar-refractivity contribution in [2.45, 2.75) is 38.1 Å². The normalized spacial score (nSPS) is 15.8. The van der Waals surface area contributed by atoms with Crippen molar-refractivity contribution in [2.24, 2.45) is 5.73 Å². The number of carbonyl (C=O) groups is 1. The maximum Gasteiger partial charge on any atom is 0.306 e. The van der Waals surface area contributed by atoms with Gasteiger partial charge in [0, 0.05) is 16.5 Å². The molecule has 1 aromatic carbocycles. The van der Waals surface area contributed by atoms with E-state index >= 15 is 0 Å². The van der Waals surface area contributed by atoms with Crippen LogP contribution < -0.4 is 5.73 Å². The number of halogens is 1. The van der Waals surface area contributed by atoms with Crippen molar-refractivity contribution in [3.8, 4) is 0 Å². The van der Waals surface area contributed by atoms with Gasteiger partial charge in [0.1, 0.15) is 0 Å². The summed E-state index contributed by atoms with van der Waals surface area (Å²) in [7, 11) is 1.38. The molecular formula is C14H20ClNO2. The van der Waals surface area contributed by atoms with Gasteiger partial charge < -0.3 is 10.5 Å². The molecule has 2 atom stereocenters. The molecule has 1 rings (SSSR count). The van der Waals surface area contributed by atoms with Crippen LogP contribution in [0.25, 0.3) is 0 Å². The number of carbonyl (C=O) groups excluding carboxylic acids is 1. The molecule has 0 amide bonds. The molecule has 2 unspecified atom stereocenters. The number of methoxy groups -OCH3 is 1. The van der Waals surface area contributed by atoms with Gasteiger partial charge in [-0.15, -0.1) is 0 Å². The van der Waals surface area contributed by atoms with E-state index in [0.717, 1.165) is 12.0 Å². The van der Waals surface area contributed by atoms with Crippen LogP contribution in [0.1, 0.15) is 32.3 Å². The first kappa shape index (κ1) is 15.0. The Hall–Kier alpha value is -1.06. The first-order valence-corrected chi connectivity index (χ1v) is 6.41. The van der Waals surface area contributed by atoms with Gasteiger partial charge >= 0.3 is 5.97 Å². The van der Waals surface area contributed by atoms with E-state index in [9.17, 15) is 4.79 Å². The van der Waals surface area contributed by atoms with Crippen molar-refractivity contribution < 1.29 is 9.53 Å². The van der Waals surface area contributed by atoms with Crippen LogP contribution in [-0.4, -0.2) is 19.1 Å². The molecule has 1 aromatic rings. The highest BCUT2D eigenvalue weighted by Gasteiger charge is 2.36. The summed E-state index contributed by atoms with van der Waals surface area (Å²) in [6, 6.07) is 7.34. The maximum absolute atomic E-state index is 11.6. The van der Waals surface area contributed by atoms with Crippen LogP contribution in [0.3, 0.4) is 0 Å². The Morgan fingerprint density at radius 2 is 2.11 bits per heavy atom.